The third-order valence-electron chi connectivity index (χ3n) is 1.88. The molecular formula is C7H15NO3. The van der Waals surface area contributed by atoms with E-state index in [1.54, 1.807) is 13.8 Å². The third kappa shape index (κ3) is 2.86. The summed E-state index contributed by atoms with van der Waals surface area (Å²) < 4.78 is 0. The van der Waals surface area contributed by atoms with E-state index < -0.39 is 24.0 Å². The summed E-state index contributed by atoms with van der Waals surface area (Å²) in [4.78, 5) is 10.3. The number of carboxylic acids is 1. The largest absolute Gasteiger partial charge is 0.480 e. The molecule has 0 bridgehead atoms. The van der Waals surface area contributed by atoms with Crippen molar-refractivity contribution >= 4 is 5.97 Å². The van der Waals surface area contributed by atoms with E-state index in [1.165, 1.54) is 0 Å². The number of hydrogen-bond acceptors (Lipinski definition) is 3. The fraction of sp³-hybridized carbons (Fsp3) is 0.857. The van der Waals surface area contributed by atoms with Gasteiger partial charge in [-0.1, -0.05) is 13.8 Å². The molecule has 4 nitrogen and oxygen atoms in total. The van der Waals surface area contributed by atoms with Crippen LogP contribution < -0.4 is 5.73 Å². The highest BCUT2D eigenvalue weighted by atomic mass is 16.4. The van der Waals surface area contributed by atoms with Gasteiger partial charge in [-0.15, -0.1) is 0 Å². The van der Waals surface area contributed by atoms with Gasteiger partial charge in [0, 0.05) is 5.92 Å². The van der Waals surface area contributed by atoms with Crippen molar-refractivity contribution in [1.29, 1.82) is 0 Å². The van der Waals surface area contributed by atoms with Crippen molar-refractivity contribution in [2.45, 2.75) is 32.4 Å². The van der Waals surface area contributed by atoms with Crippen molar-refractivity contribution in [3.05, 3.63) is 0 Å². The van der Waals surface area contributed by atoms with Crippen LogP contribution in [0, 0.1) is 5.92 Å². The van der Waals surface area contributed by atoms with Crippen LogP contribution in [0.2, 0.25) is 0 Å². The Morgan fingerprint density at radius 2 is 2.09 bits per heavy atom. The second-order valence-corrected chi connectivity index (χ2v) is 2.70. The van der Waals surface area contributed by atoms with Crippen LogP contribution in [0.1, 0.15) is 20.3 Å². The maximum atomic E-state index is 10.3. The normalized spacial score (nSPS) is 18.9. The average Bonchev–Trinajstić information content (AvgIpc) is 2.00. The van der Waals surface area contributed by atoms with Gasteiger partial charge in [0.15, 0.2) is 0 Å². The number of carboxylic acid groups (broad SMARTS) is 1. The van der Waals surface area contributed by atoms with E-state index >= 15 is 0 Å². The standard InChI is InChI=1S/C7H15NO3/c1-3-5(9)4(2)6(8)7(10)11/h4-6,9H,3,8H2,1-2H3,(H,10,11)/t4-,5-,6+/m1/s1. The van der Waals surface area contributed by atoms with E-state index in [0.717, 1.165) is 0 Å². The Balaban J connectivity index is 4.00. The summed E-state index contributed by atoms with van der Waals surface area (Å²) in [7, 11) is 0. The summed E-state index contributed by atoms with van der Waals surface area (Å²) in [5, 5.41) is 17.7. The van der Waals surface area contributed by atoms with Gasteiger partial charge in [-0.3, -0.25) is 4.79 Å². The number of nitrogens with two attached hydrogens (primary N) is 1. The molecule has 0 aromatic heterocycles. The minimum atomic E-state index is -1.06. The van der Waals surface area contributed by atoms with Crippen molar-refractivity contribution in [3.63, 3.8) is 0 Å². The van der Waals surface area contributed by atoms with Crippen molar-refractivity contribution in [1.82, 2.24) is 0 Å². The van der Waals surface area contributed by atoms with Crippen LogP contribution in [-0.4, -0.2) is 28.3 Å². The lowest BCUT2D eigenvalue weighted by molar-refractivity contribution is -0.140. The van der Waals surface area contributed by atoms with Crippen LogP contribution in [0.3, 0.4) is 0 Å². The Kier molecular flexibility index (Phi) is 4.07. The summed E-state index contributed by atoms with van der Waals surface area (Å²) in [6, 6.07) is -0.968. The SMILES string of the molecule is CC[C@@H](O)[C@@H](C)[C@H](N)C(=O)O. The molecule has 0 radical (unpaired) electrons. The average molecular weight is 161 g/mol. The highest BCUT2D eigenvalue weighted by Crippen LogP contribution is 2.09. The maximum absolute atomic E-state index is 10.3. The van der Waals surface area contributed by atoms with Crippen LogP contribution >= 0.6 is 0 Å². The highest BCUT2D eigenvalue weighted by molar-refractivity contribution is 5.73. The van der Waals surface area contributed by atoms with Crippen LogP contribution in [-0.2, 0) is 4.79 Å². The molecule has 4 N–H and O–H groups in total. The fourth-order valence-corrected chi connectivity index (χ4v) is 0.836. The summed E-state index contributed by atoms with van der Waals surface area (Å²) in [5.74, 6) is -1.46. The molecule has 0 fully saturated rings. The lowest BCUT2D eigenvalue weighted by Crippen LogP contribution is -2.41. The molecule has 66 valence electrons. The monoisotopic (exact) mass is 161 g/mol. The van der Waals surface area contributed by atoms with Crippen molar-refractivity contribution in [3.8, 4) is 0 Å². The van der Waals surface area contributed by atoms with Crippen LogP contribution in [0.25, 0.3) is 0 Å². The maximum Gasteiger partial charge on any atom is 0.320 e. The molecule has 0 aliphatic carbocycles. The van der Waals surface area contributed by atoms with Gasteiger partial charge >= 0.3 is 5.97 Å². The topological polar surface area (TPSA) is 83.5 Å². The van der Waals surface area contributed by atoms with Gasteiger partial charge in [0.25, 0.3) is 0 Å². The summed E-state index contributed by atoms with van der Waals surface area (Å²) in [6.07, 6.45) is -0.0941. The smallest absolute Gasteiger partial charge is 0.320 e. The Labute approximate surface area is 66.0 Å². The Morgan fingerprint density at radius 1 is 1.64 bits per heavy atom. The quantitative estimate of drug-likeness (QED) is 0.533. The predicted molar refractivity (Wildman–Crippen MR) is 41.1 cm³/mol. The molecule has 0 aliphatic rings. The van der Waals surface area contributed by atoms with E-state index in [2.05, 4.69) is 0 Å². The highest BCUT2D eigenvalue weighted by Gasteiger charge is 2.24. The molecule has 0 saturated heterocycles. The van der Waals surface area contributed by atoms with Gasteiger partial charge in [-0.2, -0.15) is 0 Å². The molecule has 0 aromatic rings. The second-order valence-electron chi connectivity index (χ2n) is 2.70. The van der Waals surface area contributed by atoms with Gasteiger partial charge < -0.3 is 15.9 Å². The molecule has 0 spiro atoms. The number of aliphatic hydroxyl groups excluding tert-OH is 1. The lowest BCUT2D eigenvalue weighted by atomic mass is 9.95. The third-order valence-corrected chi connectivity index (χ3v) is 1.88. The molecule has 4 heteroatoms. The first kappa shape index (κ1) is 10.4. The molecule has 11 heavy (non-hydrogen) atoms. The molecule has 0 aromatic carbocycles. The molecule has 0 aliphatic heterocycles. The van der Waals surface area contributed by atoms with Crippen LogP contribution in [0.4, 0.5) is 0 Å². The van der Waals surface area contributed by atoms with Crippen molar-refractivity contribution < 1.29 is 15.0 Å². The molecule has 0 saturated carbocycles. The minimum absolute atomic E-state index is 0.391. The summed E-state index contributed by atoms with van der Waals surface area (Å²) in [5.41, 5.74) is 5.28. The zero-order valence-electron chi connectivity index (χ0n) is 6.82. The number of hydrogen-bond donors (Lipinski definition) is 3. The van der Waals surface area contributed by atoms with Gasteiger partial charge in [0.1, 0.15) is 6.04 Å². The zero-order chi connectivity index (χ0) is 9.02. The zero-order valence-corrected chi connectivity index (χ0v) is 6.82. The second kappa shape index (κ2) is 4.31. The van der Waals surface area contributed by atoms with E-state index in [4.69, 9.17) is 10.8 Å². The lowest BCUT2D eigenvalue weighted by Gasteiger charge is -2.20. The molecule has 0 amide bonds. The summed E-state index contributed by atoms with van der Waals surface area (Å²) in [6.45, 7) is 3.42. The number of rotatable bonds is 4. The molecule has 0 heterocycles. The number of aliphatic carboxylic acids is 1. The van der Waals surface area contributed by atoms with Crippen LogP contribution in [0.5, 0.6) is 0 Å². The number of carbonyl (C=O) groups is 1. The first-order valence-corrected chi connectivity index (χ1v) is 3.67. The van der Waals surface area contributed by atoms with Crippen molar-refractivity contribution in [2.24, 2.45) is 11.7 Å². The van der Waals surface area contributed by atoms with E-state index in [1.807, 2.05) is 0 Å². The van der Waals surface area contributed by atoms with Gasteiger partial charge in [-0.25, -0.2) is 0 Å². The minimum Gasteiger partial charge on any atom is -0.480 e. The van der Waals surface area contributed by atoms with E-state index in [9.17, 15) is 9.90 Å². The Morgan fingerprint density at radius 3 is 2.36 bits per heavy atom. The van der Waals surface area contributed by atoms with Crippen LogP contribution in [0.15, 0.2) is 0 Å². The van der Waals surface area contributed by atoms with Gasteiger partial charge in [0.05, 0.1) is 6.10 Å². The number of aliphatic hydroxyl groups is 1. The molecule has 0 unspecified atom stereocenters. The molecular weight excluding hydrogens is 146 g/mol. The Bertz CT molecular complexity index is 138. The first-order valence-electron chi connectivity index (χ1n) is 3.67. The van der Waals surface area contributed by atoms with Gasteiger partial charge in [-0.05, 0) is 6.42 Å². The fourth-order valence-electron chi connectivity index (χ4n) is 0.836. The molecule has 3 atom stereocenters. The van der Waals surface area contributed by atoms with Crippen molar-refractivity contribution in [2.75, 3.05) is 0 Å². The van der Waals surface area contributed by atoms with Gasteiger partial charge in [0.2, 0.25) is 0 Å². The van der Waals surface area contributed by atoms with E-state index in [0.29, 0.717) is 6.42 Å². The molecule has 0 rings (SSSR count). The predicted octanol–water partition coefficient (Wildman–Crippen LogP) is -0.195. The summed E-state index contributed by atoms with van der Waals surface area (Å²) >= 11 is 0. The Hall–Kier alpha value is -0.610. The van der Waals surface area contributed by atoms with E-state index in [-0.39, 0.29) is 0 Å². The first-order chi connectivity index (χ1) is 5.00.